The summed E-state index contributed by atoms with van der Waals surface area (Å²) >= 11 is 0. The summed E-state index contributed by atoms with van der Waals surface area (Å²) in [7, 11) is 0. The maximum atomic E-state index is 12.6. The van der Waals surface area contributed by atoms with Gasteiger partial charge in [-0.2, -0.15) is 0 Å². The molecule has 0 atom stereocenters. The van der Waals surface area contributed by atoms with E-state index in [0.717, 1.165) is 29.4 Å². The summed E-state index contributed by atoms with van der Waals surface area (Å²) < 4.78 is 1.97. The SMILES string of the molecule is Cc1cc(C)n2ccc(C(=O)NC(C)(C)CC3CC3)c2n1. The molecule has 3 rings (SSSR count). The number of aromatic nitrogens is 2. The van der Waals surface area contributed by atoms with Crippen LogP contribution in [-0.2, 0) is 0 Å². The van der Waals surface area contributed by atoms with Crippen LogP contribution in [0.1, 0.15) is 54.9 Å². The second-order valence-electron chi connectivity index (χ2n) is 6.95. The molecule has 2 heterocycles. The van der Waals surface area contributed by atoms with Crippen molar-refractivity contribution in [1.82, 2.24) is 14.7 Å². The van der Waals surface area contributed by atoms with Gasteiger partial charge in [0.05, 0.1) is 5.56 Å². The normalized spacial score (nSPS) is 15.4. The monoisotopic (exact) mass is 285 g/mol. The molecule has 0 unspecified atom stereocenters. The third-order valence-electron chi connectivity index (χ3n) is 4.13. The maximum Gasteiger partial charge on any atom is 0.255 e. The first kappa shape index (κ1) is 14.1. The van der Waals surface area contributed by atoms with Crippen molar-refractivity contribution in [2.75, 3.05) is 0 Å². The highest BCUT2D eigenvalue weighted by Gasteiger charge is 2.31. The van der Waals surface area contributed by atoms with Crippen LogP contribution in [0.25, 0.3) is 5.65 Å². The van der Waals surface area contributed by atoms with Crippen LogP contribution in [0.3, 0.4) is 0 Å². The lowest BCUT2D eigenvalue weighted by Crippen LogP contribution is -2.43. The van der Waals surface area contributed by atoms with Gasteiger partial charge < -0.3 is 9.72 Å². The Balaban J connectivity index is 1.87. The minimum Gasteiger partial charge on any atom is -0.347 e. The van der Waals surface area contributed by atoms with Gasteiger partial charge in [0.1, 0.15) is 5.65 Å². The van der Waals surface area contributed by atoms with Crippen molar-refractivity contribution in [1.29, 1.82) is 0 Å². The van der Waals surface area contributed by atoms with E-state index in [1.807, 2.05) is 36.6 Å². The molecule has 1 aliphatic rings. The van der Waals surface area contributed by atoms with Crippen LogP contribution in [0.5, 0.6) is 0 Å². The Morgan fingerprint density at radius 3 is 2.81 bits per heavy atom. The van der Waals surface area contributed by atoms with Crippen molar-refractivity contribution in [3.63, 3.8) is 0 Å². The fraction of sp³-hybridized carbons (Fsp3) is 0.529. The number of rotatable bonds is 4. The fourth-order valence-corrected chi connectivity index (χ4v) is 3.04. The summed E-state index contributed by atoms with van der Waals surface area (Å²) in [6.45, 7) is 8.19. The number of fused-ring (bicyclic) bond motifs is 1. The Morgan fingerprint density at radius 1 is 1.43 bits per heavy atom. The molecule has 4 heteroatoms. The van der Waals surface area contributed by atoms with E-state index in [1.165, 1.54) is 12.8 Å². The lowest BCUT2D eigenvalue weighted by atomic mass is 9.97. The van der Waals surface area contributed by atoms with Gasteiger partial charge in [0, 0.05) is 23.1 Å². The fourth-order valence-electron chi connectivity index (χ4n) is 3.04. The summed E-state index contributed by atoms with van der Waals surface area (Å²) in [4.78, 5) is 17.1. The first-order valence-electron chi connectivity index (χ1n) is 7.63. The third-order valence-corrected chi connectivity index (χ3v) is 4.13. The molecular formula is C17H23N3O. The van der Waals surface area contributed by atoms with E-state index in [1.54, 1.807) is 0 Å². The second-order valence-corrected chi connectivity index (χ2v) is 6.95. The second kappa shape index (κ2) is 4.86. The zero-order valence-electron chi connectivity index (χ0n) is 13.2. The number of hydrogen-bond donors (Lipinski definition) is 1. The number of nitrogens with zero attached hydrogens (tertiary/aromatic N) is 2. The van der Waals surface area contributed by atoms with E-state index in [-0.39, 0.29) is 11.4 Å². The molecule has 1 aliphatic carbocycles. The molecule has 1 fully saturated rings. The Hall–Kier alpha value is -1.84. The van der Waals surface area contributed by atoms with Crippen LogP contribution in [0.4, 0.5) is 0 Å². The van der Waals surface area contributed by atoms with Gasteiger partial charge in [0.25, 0.3) is 5.91 Å². The van der Waals surface area contributed by atoms with Gasteiger partial charge in [-0.15, -0.1) is 0 Å². The maximum absolute atomic E-state index is 12.6. The molecule has 0 radical (unpaired) electrons. The largest absolute Gasteiger partial charge is 0.347 e. The molecule has 0 aromatic carbocycles. The molecule has 0 aliphatic heterocycles. The van der Waals surface area contributed by atoms with Gasteiger partial charge in [-0.1, -0.05) is 12.8 Å². The number of hydrogen-bond acceptors (Lipinski definition) is 2. The van der Waals surface area contributed by atoms with E-state index < -0.39 is 0 Å². The summed E-state index contributed by atoms with van der Waals surface area (Å²) in [5.74, 6) is 0.759. The smallest absolute Gasteiger partial charge is 0.255 e. The van der Waals surface area contributed by atoms with Gasteiger partial charge in [0.2, 0.25) is 0 Å². The van der Waals surface area contributed by atoms with Crippen LogP contribution in [-0.4, -0.2) is 20.8 Å². The number of amides is 1. The van der Waals surface area contributed by atoms with E-state index in [4.69, 9.17) is 0 Å². The molecule has 1 amide bonds. The van der Waals surface area contributed by atoms with E-state index in [9.17, 15) is 4.79 Å². The highest BCUT2D eigenvalue weighted by atomic mass is 16.1. The van der Waals surface area contributed by atoms with Crippen molar-refractivity contribution in [3.05, 3.63) is 35.3 Å². The number of aryl methyl sites for hydroxylation is 2. The Labute approximate surface area is 125 Å². The van der Waals surface area contributed by atoms with Crippen LogP contribution in [0.15, 0.2) is 18.3 Å². The lowest BCUT2D eigenvalue weighted by Gasteiger charge is -2.26. The average Bonchev–Trinajstić information content (AvgIpc) is 3.04. The Morgan fingerprint density at radius 2 is 2.14 bits per heavy atom. The highest BCUT2D eigenvalue weighted by molar-refractivity contribution is 6.00. The van der Waals surface area contributed by atoms with E-state index in [2.05, 4.69) is 24.1 Å². The molecule has 1 N–H and O–H groups in total. The summed E-state index contributed by atoms with van der Waals surface area (Å²) in [5, 5.41) is 3.17. The summed E-state index contributed by atoms with van der Waals surface area (Å²) in [6.07, 6.45) is 5.57. The number of carbonyl (C=O) groups excluding carboxylic acids is 1. The summed E-state index contributed by atoms with van der Waals surface area (Å²) in [6, 6.07) is 3.88. The number of carbonyl (C=O) groups is 1. The van der Waals surface area contributed by atoms with Crippen molar-refractivity contribution < 1.29 is 4.79 Å². The van der Waals surface area contributed by atoms with Crippen molar-refractivity contribution >= 4 is 11.6 Å². The van der Waals surface area contributed by atoms with Gasteiger partial charge in [-0.25, -0.2) is 4.98 Å². The molecule has 2 aromatic rings. The quantitative estimate of drug-likeness (QED) is 0.937. The van der Waals surface area contributed by atoms with Crippen LogP contribution in [0, 0.1) is 19.8 Å². The topological polar surface area (TPSA) is 46.4 Å². The Kier molecular flexibility index (Phi) is 3.27. The minimum atomic E-state index is -0.161. The first-order chi connectivity index (χ1) is 9.85. The van der Waals surface area contributed by atoms with Crippen LogP contribution < -0.4 is 5.32 Å². The molecular weight excluding hydrogens is 262 g/mol. The number of nitrogens with one attached hydrogen (secondary N) is 1. The average molecular weight is 285 g/mol. The molecule has 0 bridgehead atoms. The van der Waals surface area contributed by atoms with Gasteiger partial charge in [-0.05, 0) is 52.2 Å². The standard InChI is InChI=1S/C17H23N3O/c1-11-9-12(2)20-8-7-14(15(20)18-11)16(21)19-17(3,4)10-13-5-6-13/h7-9,13H,5-6,10H2,1-4H3,(H,19,21). The van der Waals surface area contributed by atoms with Gasteiger partial charge in [-0.3, -0.25) is 4.79 Å². The van der Waals surface area contributed by atoms with Crippen molar-refractivity contribution in [2.45, 2.75) is 52.5 Å². The third kappa shape index (κ3) is 2.94. The zero-order valence-corrected chi connectivity index (χ0v) is 13.2. The molecule has 21 heavy (non-hydrogen) atoms. The molecule has 0 saturated heterocycles. The predicted molar refractivity (Wildman–Crippen MR) is 83.6 cm³/mol. The molecule has 4 nitrogen and oxygen atoms in total. The van der Waals surface area contributed by atoms with E-state index >= 15 is 0 Å². The predicted octanol–water partition coefficient (Wildman–Crippen LogP) is 3.26. The minimum absolute atomic E-state index is 0.0272. The molecule has 112 valence electrons. The Bertz CT molecular complexity index is 695. The van der Waals surface area contributed by atoms with Gasteiger partial charge in [0.15, 0.2) is 0 Å². The lowest BCUT2D eigenvalue weighted by molar-refractivity contribution is 0.0908. The molecule has 0 spiro atoms. The van der Waals surface area contributed by atoms with E-state index in [0.29, 0.717) is 5.56 Å². The van der Waals surface area contributed by atoms with Crippen molar-refractivity contribution in [3.8, 4) is 0 Å². The van der Waals surface area contributed by atoms with Gasteiger partial charge >= 0.3 is 0 Å². The highest BCUT2D eigenvalue weighted by Crippen LogP contribution is 2.36. The summed E-state index contributed by atoms with van der Waals surface area (Å²) in [5.41, 5.74) is 3.27. The zero-order chi connectivity index (χ0) is 15.2. The van der Waals surface area contributed by atoms with Crippen molar-refractivity contribution in [2.24, 2.45) is 5.92 Å². The first-order valence-corrected chi connectivity index (χ1v) is 7.63. The molecule has 1 saturated carbocycles. The van der Waals surface area contributed by atoms with Crippen LogP contribution in [0.2, 0.25) is 0 Å². The molecule has 2 aromatic heterocycles. The van der Waals surface area contributed by atoms with Crippen LogP contribution >= 0.6 is 0 Å².